The van der Waals surface area contributed by atoms with Crippen molar-refractivity contribution in [2.45, 2.75) is 31.7 Å². The zero-order valence-corrected chi connectivity index (χ0v) is 9.90. The molecular formula is C10H14BrNS. The van der Waals surface area contributed by atoms with Gasteiger partial charge >= 0.3 is 0 Å². The third-order valence-corrected chi connectivity index (χ3v) is 4.56. The summed E-state index contributed by atoms with van der Waals surface area (Å²) in [6.07, 6.45) is 5.36. The molecule has 2 N–H and O–H groups in total. The number of hydrogen-bond acceptors (Lipinski definition) is 2. The number of thiophene rings is 1. The summed E-state index contributed by atoms with van der Waals surface area (Å²) in [6, 6.07) is 4.52. The molecule has 3 heteroatoms. The summed E-state index contributed by atoms with van der Waals surface area (Å²) >= 11 is 5.25. The minimum atomic E-state index is 0.277. The molecule has 1 aliphatic rings. The number of hydrogen-bond donors (Lipinski definition) is 1. The maximum absolute atomic E-state index is 6.20. The molecule has 1 aliphatic carbocycles. The van der Waals surface area contributed by atoms with E-state index >= 15 is 0 Å². The summed E-state index contributed by atoms with van der Waals surface area (Å²) in [5, 5.41) is 0. The molecule has 0 aliphatic heterocycles. The Kier molecular flexibility index (Phi) is 3.06. The summed E-state index contributed by atoms with van der Waals surface area (Å²) in [7, 11) is 0. The third kappa shape index (κ3) is 2.14. The molecule has 1 saturated carbocycles. The Balaban J connectivity index is 2.07. The van der Waals surface area contributed by atoms with Crippen LogP contribution in [0.4, 0.5) is 0 Å². The summed E-state index contributed by atoms with van der Waals surface area (Å²) < 4.78 is 1.19. The molecule has 1 nitrogen and oxygen atoms in total. The SMILES string of the molecule is N[C@@H](c1ccc(Br)s1)C1CCCC1. The second-order valence-electron chi connectivity index (χ2n) is 3.71. The lowest BCUT2D eigenvalue weighted by Gasteiger charge is -2.16. The standard InChI is InChI=1S/C10H14BrNS/c11-9-6-5-8(13-9)10(12)7-3-1-2-4-7/h5-7,10H,1-4,12H2/t10-/m1/s1. The van der Waals surface area contributed by atoms with Gasteiger partial charge in [-0.3, -0.25) is 0 Å². The minimum Gasteiger partial charge on any atom is -0.323 e. The van der Waals surface area contributed by atoms with Gasteiger partial charge in [-0.15, -0.1) is 11.3 Å². The van der Waals surface area contributed by atoms with Crippen molar-refractivity contribution in [3.8, 4) is 0 Å². The van der Waals surface area contributed by atoms with Crippen molar-refractivity contribution >= 4 is 27.3 Å². The second kappa shape index (κ2) is 4.11. The first-order valence-corrected chi connectivity index (χ1v) is 6.39. The van der Waals surface area contributed by atoms with Crippen LogP contribution in [0.25, 0.3) is 0 Å². The molecule has 1 heterocycles. The maximum Gasteiger partial charge on any atom is 0.0701 e. The molecule has 2 rings (SSSR count). The van der Waals surface area contributed by atoms with Gasteiger partial charge in [0.1, 0.15) is 0 Å². The van der Waals surface area contributed by atoms with Crippen molar-refractivity contribution in [3.63, 3.8) is 0 Å². The summed E-state index contributed by atoms with van der Waals surface area (Å²) in [5.41, 5.74) is 6.20. The Hall–Kier alpha value is 0.140. The molecule has 1 aromatic heterocycles. The third-order valence-electron chi connectivity index (χ3n) is 2.83. The van der Waals surface area contributed by atoms with Crippen molar-refractivity contribution in [3.05, 3.63) is 20.8 Å². The number of nitrogens with two attached hydrogens (primary N) is 1. The van der Waals surface area contributed by atoms with Crippen molar-refractivity contribution in [1.82, 2.24) is 0 Å². The first-order chi connectivity index (χ1) is 6.27. The fourth-order valence-corrected chi connectivity index (χ4v) is 3.58. The van der Waals surface area contributed by atoms with Crippen LogP contribution in [0.2, 0.25) is 0 Å². The summed E-state index contributed by atoms with van der Waals surface area (Å²) in [5.74, 6) is 0.727. The highest BCUT2D eigenvalue weighted by atomic mass is 79.9. The monoisotopic (exact) mass is 259 g/mol. The van der Waals surface area contributed by atoms with E-state index in [0.717, 1.165) is 5.92 Å². The Morgan fingerprint density at radius 3 is 2.62 bits per heavy atom. The molecule has 0 unspecified atom stereocenters. The Morgan fingerprint density at radius 1 is 1.38 bits per heavy atom. The molecule has 0 saturated heterocycles. The Morgan fingerprint density at radius 2 is 2.08 bits per heavy atom. The summed E-state index contributed by atoms with van der Waals surface area (Å²) in [4.78, 5) is 1.33. The molecule has 0 spiro atoms. The smallest absolute Gasteiger partial charge is 0.0701 e. The molecule has 0 bridgehead atoms. The van der Waals surface area contributed by atoms with Gasteiger partial charge < -0.3 is 5.73 Å². The average molecular weight is 260 g/mol. The Labute approximate surface area is 91.5 Å². The molecule has 1 atom stereocenters. The van der Waals surface area contributed by atoms with Gasteiger partial charge in [0.25, 0.3) is 0 Å². The summed E-state index contributed by atoms with van der Waals surface area (Å²) in [6.45, 7) is 0. The van der Waals surface area contributed by atoms with E-state index in [1.807, 2.05) is 0 Å². The zero-order valence-electron chi connectivity index (χ0n) is 7.50. The van der Waals surface area contributed by atoms with Crippen LogP contribution in [0.3, 0.4) is 0 Å². The highest BCUT2D eigenvalue weighted by molar-refractivity contribution is 9.11. The van der Waals surface area contributed by atoms with Crippen LogP contribution in [0.1, 0.15) is 36.6 Å². The second-order valence-corrected chi connectivity index (χ2v) is 6.21. The van der Waals surface area contributed by atoms with E-state index in [0.29, 0.717) is 0 Å². The van der Waals surface area contributed by atoms with Crippen molar-refractivity contribution < 1.29 is 0 Å². The maximum atomic E-state index is 6.20. The fraction of sp³-hybridized carbons (Fsp3) is 0.600. The van der Waals surface area contributed by atoms with E-state index in [1.54, 1.807) is 11.3 Å². The molecule has 0 amide bonds. The lowest BCUT2D eigenvalue weighted by Crippen LogP contribution is -2.17. The molecular weight excluding hydrogens is 246 g/mol. The van der Waals surface area contributed by atoms with Crippen LogP contribution in [-0.4, -0.2) is 0 Å². The van der Waals surface area contributed by atoms with E-state index < -0.39 is 0 Å². The first kappa shape index (κ1) is 9.69. The molecule has 1 fully saturated rings. The lowest BCUT2D eigenvalue weighted by atomic mass is 9.98. The van der Waals surface area contributed by atoms with Crippen molar-refractivity contribution in [2.75, 3.05) is 0 Å². The topological polar surface area (TPSA) is 26.0 Å². The van der Waals surface area contributed by atoms with Crippen LogP contribution in [-0.2, 0) is 0 Å². The van der Waals surface area contributed by atoms with Crippen LogP contribution >= 0.6 is 27.3 Å². The van der Waals surface area contributed by atoms with Crippen LogP contribution in [0.15, 0.2) is 15.9 Å². The van der Waals surface area contributed by atoms with Crippen molar-refractivity contribution in [1.29, 1.82) is 0 Å². The van der Waals surface area contributed by atoms with E-state index in [4.69, 9.17) is 5.73 Å². The largest absolute Gasteiger partial charge is 0.323 e. The Bertz CT molecular complexity index is 278. The minimum absolute atomic E-state index is 0.277. The van der Waals surface area contributed by atoms with Gasteiger partial charge in [0, 0.05) is 10.9 Å². The van der Waals surface area contributed by atoms with E-state index in [1.165, 1.54) is 34.3 Å². The predicted molar refractivity (Wildman–Crippen MR) is 60.9 cm³/mol. The number of halogens is 1. The lowest BCUT2D eigenvalue weighted by molar-refractivity contribution is 0.450. The van der Waals surface area contributed by atoms with Gasteiger partial charge in [0.2, 0.25) is 0 Å². The van der Waals surface area contributed by atoms with Gasteiger partial charge in [-0.1, -0.05) is 12.8 Å². The molecule has 1 aromatic rings. The van der Waals surface area contributed by atoms with Crippen LogP contribution < -0.4 is 5.73 Å². The van der Waals surface area contributed by atoms with Gasteiger partial charge in [-0.05, 0) is 46.8 Å². The normalized spacial score (nSPS) is 20.8. The van der Waals surface area contributed by atoms with Crippen LogP contribution in [0, 0.1) is 5.92 Å². The molecule has 0 aromatic carbocycles. The quantitative estimate of drug-likeness (QED) is 0.862. The highest BCUT2D eigenvalue weighted by Gasteiger charge is 2.23. The van der Waals surface area contributed by atoms with E-state index in [2.05, 4.69) is 28.1 Å². The van der Waals surface area contributed by atoms with Gasteiger partial charge in [-0.25, -0.2) is 0 Å². The fourth-order valence-electron chi connectivity index (χ4n) is 2.06. The highest BCUT2D eigenvalue weighted by Crippen LogP contribution is 2.37. The van der Waals surface area contributed by atoms with E-state index in [9.17, 15) is 0 Å². The first-order valence-electron chi connectivity index (χ1n) is 4.78. The number of rotatable bonds is 2. The van der Waals surface area contributed by atoms with E-state index in [-0.39, 0.29) is 6.04 Å². The van der Waals surface area contributed by atoms with Gasteiger partial charge in [-0.2, -0.15) is 0 Å². The van der Waals surface area contributed by atoms with Gasteiger partial charge in [0.15, 0.2) is 0 Å². The molecule has 0 radical (unpaired) electrons. The molecule has 13 heavy (non-hydrogen) atoms. The predicted octanol–water partition coefficient (Wildman–Crippen LogP) is 3.70. The zero-order chi connectivity index (χ0) is 9.26. The van der Waals surface area contributed by atoms with Crippen LogP contribution in [0.5, 0.6) is 0 Å². The van der Waals surface area contributed by atoms with Gasteiger partial charge in [0.05, 0.1) is 3.79 Å². The average Bonchev–Trinajstić information content (AvgIpc) is 2.72. The molecule has 72 valence electrons. The van der Waals surface area contributed by atoms with Crippen molar-refractivity contribution in [2.24, 2.45) is 11.7 Å².